The van der Waals surface area contributed by atoms with Crippen molar-refractivity contribution in [1.29, 1.82) is 0 Å². The first kappa shape index (κ1) is 34.3. The van der Waals surface area contributed by atoms with E-state index in [1.807, 2.05) is 6.08 Å². The van der Waals surface area contributed by atoms with Crippen LogP contribution in [-0.4, -0.2) is 56.0 Å². The highest BCUT2D eigenvalue weighted by Gasteiger charge is 2.47. The molecule has 1 heterocycles. The van der Waals surface area contributed by atoms with Gasteiger partial charge in [0.25, 0.3) is 0 Å². The standard InChI is InChI=1S/C29H62O4Si3/c1-14-21-25-24(8)26(32-34(12,13)29(9,10)11)22-27(31-25)28(33-36(18-5,19-6)20-7)23-30-35(15-2,16-3)17-4/h14,24-28H,1,15-23H2,2-13H3/t24-,25+,26-,27+,28-/m0/s1. The smallest absolute Gasteiger partial charge is 0.192 e. The molecule has 214 valence electrons. The van der Waals surface area contributed by atoms with Crippen LogP contribution >= 0.6 is 0 Å². The van der Waals surface area contributed by atoms with Crippen LogP contribution in [0.3, 0.4) is 0 Å². The Morgan fingerprint density at radius 3 is 1.83 bits per heavy atom. The summed E-state index contributed by atoms with van der Waals surface area (Å²) in [6.45, 7) is 32.6. The molecule has 0 aromatic carbocycles. The highest BCUT2D eigenvalue weighted by Crippen LogP contribution is 2.42. The summed E-state index contributed by atoms with van der Waals surface area (Å²) in [4.78, 5) is 0. The summed E-state index contributed by atoms with van der Waals surface area (Å²) in [5.74, 6) is 0.330. The van der Waals surface area contributed by atoms with Crippen molar-refractivity contribution < 1.29 is 18.0 Å². The lowest BCUT2D eigenvalue weighted by molar-refractivity contribution is -0.161. The molecule has 1 aliphatic rings. The van der Waals surface area contributed by atoms with E-state index < -0.39 is 25.0 Å². The Bertz CT molecular complexity index is 624. The summed E-state index contributed by atoms with van der Waals surface area (Å²) in [6, 6.07) is 6.88. The van der Waals surface area contributed by atoms with Gasteiger partial charge in [0.05, 0.1) is 31.0 Å². The fraction of sp³-hybridized carbons (Fsp3) is 0.931. The van der Waals surface area contributed by atoms with Crippen LogP contribution in [0.2, 0.25) is 54.4 Å². The van der Waals surface area contributed by atoms with Crippen molar-refractivity contribution in [2.45, 2.75) is 161 Å². The fourth-order valence-electron chi connectivity index (χ4n) is 5.33. The maximum atomic E-state index is 7.20. The molecule has 0 amide bonds. The largest absolute Gasteiger partial charge is 0.414 e. The second kappa shape index (κ2) is 14.6. The summed E-state index contributed by atoms with van der Waals surface area (Å²) < 4.78 is 28.0. The molecule has 0 saturated carbocycles. The van der Waals surface area contributed by atoms with E-state index in [1.54, 1.807) is 0 Å². The maximum Gasteiger partial charge on any atom is 0.192 e. The Morgan fingerprint density at radius 2 is 1.42 bits per heavy atom. The first-order chi connectivity index (χ1) is 16.7. The van der Waals surface area contributed by atoms with Crippen molar-refractivity contribution in [3.63, 3.8) is 0 Å². The molecule has 0 bridgehead atoms. The summed E-state index contributed by atoms with van der Waals surface area (Å²) >= 11 is 0. The third-order valence-corrected chi connectivity index (χ3v) is 23.7. The molecule has 0 aromatic heterocycles. The number of ether oxygens (including phenoxy) is 1. The van der Waals surface area contributed by atoms with Crippen molar-refractivity contribution in [3.8, 4) is 0 Å². The van der Waals surface area contributed by atoms with Crippen LogP contribution in [0.4, 0.5) is 0 Å². The van der Waals surface area contributed by atoms with Crippen molar-refractivity contribution in [1.82, 2.24) is 0 Å². The van der Waals surface area contributed by atoms with Crippen LogP contribution in [0.25, 0.3) is 0 Å². The van der Waals surface area contributed by atoms with Crippen LogP contribution in [0.1, 0.15) is 82.1 Å². The van der Waals surface area contributed by atoms with Gasteiger partial charge < -0.3 is 18.0 Å². The molecule has 5 atom stereocenters. The topological polar surface area (TPSA) is 36.9 Å². The molecule has 0 spiro atoms. The molecule has 1 rings (SSSR count). The summed E-state index contributed by atoms with van der Waals surface area (Å²) in [5, 5.41) is 0.177. The van der Waals surface area contributed by atoms with Crippen molar-refractivity contribution >= 4 is 25.0 Å². The Morgan fingerprint density at radius 1 is 0.917 bits per heavy atom. The normalized spacial score (nSPS) is 25.1. The fourth-order valence-corrected chi connectivity index (χ4v) is 12.2. The van der Waals surface area contributed by atoms with E-state index in [0.29, 0.717) is 12.5 Å². The molecular weight excluding hydrogens is 497 g/mol. The molecule has 0 unspecified atom stereocenters. The third kappa shape index (κ3) is 8.62. The molecule has 0 radical (unpaired) electrons. The van der Waals surface area contributed by atoms with Gasteiger partial charge in [-0.2, -0.15) is 0 Å². The van der Waals surface area contributed by atoms with Gasteiger partial charge in [0, 0.05) is 12.3 Å². The minimum absolute atomic E-state index is 0.00490. The van der Waals surface area contributed by atoms with Crippen molar-refractivity contribution in [2.75, 3.05) is 6.61 Å². The number of rotatable bonds is 16. The van der Waals surface area contributed by atoms with E-state index >= 15 is 0 Å². The number of hydrogen-bond donors (Lipinski definition) is 0. The van der Waals surface area contributed by atoms with Crippen LogP contribution < -0.4 is 0 Å². The second-order valence-electron chi connectivity index (χ2n) is 12.7. The van der Waals surface area contributed by atoms with Gasteiger partial charge in [-0.05, 0) is 60.8 Å². The lowest BCUT2D eigenvalue weighted by Gasteiger charge is -2.48. The van der Waals surface area contributed by atoms with Crippen LogP contribution in [0.5, 0.6) is 0 Å². The van der Waals surface area contributed by atoms with E-state index in [2.05, 4.69) is 88.9 Å². The van der Waals surface area contributed by atoms with Gasteiger partial charge in [-0.25, -0.2) is 0 Å². The lowest BCUT2D eigenvalue weighted by atomic mass is 9.87. The van der Waals surface area contributed by atoms with Crippen LogP contribution in [0.15, 0.2) is 12.7 Å². The average Bonchev–Trinajstić information content (AvgIpc) is 2.84. The maximum absolute atomic E-state index is 7.20. The van der Waals surface area contributed by atoms with E-state index in [1.165, 1.54) is 0 Å². The quantitative estimate of drug-likeness (QED) is 0.140. The third-order valence-electron chi connectivity index (χ3n) is 9.87. The van der Waals surface area contributed by atoms with E-state index in [4.69, 9.17) is 18.0 Å². The molecule has 1 aliphatic heterocycles. The first-order valence-electron chi connectivity index (χ1n) is 15.0. The SMILES string of the molecule is C=CC[C@H]1O[C@@H]([C@H](CO[Si](CC)(CC)CC)O[Si](CC)(CC)CC)C[C@H](O[Si](C)(C)C(C)(C)C)[C@H]1C. The Balaban J connectivity index is 3.37. The van der Waals surface area contributed by atoms with Gasteiger partial charge in [0.2, 0.25) is 0 Å². The summed E-state index contributed by atoms with van der Waals surface area (Å²) in [6.07, 6.45) is 3.98. The minimum Gasteiger partial charge on any atom is -0.414 e. The molecule has 1 fully saturated rings. The molecule has 4 nitrogen and oxygen atoms in total. The predicted octanol–water partition coefficient (Wildman–Crippen LogP) is 9.16. The lowest BCUT2D eigenvalue weighted by Crippen LogP contribution is -2.56. The van der Waals surface area contributed by atoms with Gasteiger partial charge in [-0.1, -0.05) is 75.3 Å². The molecule has 0 aliphatic carbocycles. The Kier molecular flexibility index (Phi) is 13.9. The molecule has 7 heteroatoms. The Hall–Kier alpha value is 0.231. The van der Waals surface area contributed by atoms with Gasteiger partial charge in [0.15, 0.2) is 25.0 Å². The highest BCUT2D eigenvalue weighted by atomic mass is 28.4. The second-order valence-corrected chi connectivity index (χ2v) is 27.0. The monoisotopic (exact) mass is 558 g/mol. The molecular formula is C29H62O4Si3. The zero-order chi connectivity index (χ0) is 27.8. The van der Waals surface area contributed by atoms with Gasteiger partial charge >= 0.3 is 0 Å². The Labute approximate surface area is 228 Å². The number of hydrogen-bond acceptors (Lipinski definition) is 4. The molecule has 0 N–H and O–H groups in total. The molecule has 36 heavy (non-hydrogen) atoms. The molecule has 0 aromatic rings. The van der Waals surface area contributed by atoms with E-state index in [-0.39, 0.29) is 29.5 Å². The van der Waals surface area contributed by atoms with Crippen LogP contribution in [-0.2, 0) is 18.0 Å². The molecule has 1 saturated heterocycles. The summed E-state index contributed by atoms with van der Waals surface area (Å²) in [7, 11) is -5.50. The van der Waals surface area contributed by atoms with Gasteiger partial charge in [0.1, 0.15) is 0 Å². The summed E-state index contributed by atoms with van der Waals surface area (Å²) in [5.41, 5.74) is 0. The van der Waals surface area contributed by atoms with Crippen LogP contribution in [0, 0.1) is 5.92 Å². The van der Waals surface area contributed by atoms with Crippen molar-refractivity contribution in [3.05, 3.63) is 12.7 Å². The van der Waals surface area contributed by atoms with Gasteiger partial charge in [-0.15, -0.1) is 6.58 Å². The minimum atomic E-state index is -1.92. The average molecular weight is 559 g/mol. The van der Waals surface area contributed by atoms with Crippen molar-refractivity contribution in [2.24, 2.45) is 5.92 Å². The highest BCUT2D eigenvalue weighted by molar-refractivity contribution is 6.74. The first-order valence-corrected chi connectivity index (χ1v) is 23.0. The van der Waals surface area contributed by atoms with Gasteiger partial charge in [-0.3, -0.25) is 0 Å². The predicted molar refractivity (Wildman–Crippen MR) is 165 cm³/mol. The van der Waals surface area contributed by atoms with E-state index in [0.717, 1.165) is 49.1 Å². The van der Waals surface area contributed by atoms with E-state index in [9.17, 15) is 0 Å². The zero-order valence-electron chi connectivity index (χ0n) is 26.2. The zero-order valence-corrected chi connectivity index (χ0v) is 29.2.